The van der Waals surface area contributed by atoms with Crippen LogP contribution in [0.4, 0.5) is 0 Å². The molecule has 0 aliphatic heterocycles. The van der Waals surface area contributed by atoms with Crippen LogP contribution in [0, 0.1) is 6.92 Å². The van der Waals surface area contributed by atoms with E-state index in [2.05, 4.69) is 26.1 Å². The van der Waals surface area contributed by atoms with E-state index in [0.29, 0.717) is 10.7 Å². The summed E-state index contributed by atoms with van der Waals surface area (Å²) in [6.07, 6.45) is 0. The minimum absolute atomic E-state index is 0.420. The van der Waals surface area contributed by atoms with E-state index in [4.69, 9.17) is 4.42 Å². The van der Waals surface area contributed by atoms with Crippen molar-refractivity contribution in [2.45, 2.75) is 6.92 Å². The highest BCUT2D eigenvalue weighted by Crippen LogP contribution is 2.27. The van der Waals surface area contributed by atoms with E-state index in [-0.39, 0.29) is 0 Å². The molecule has 0 aromatic carbocycles. The minimum atomic E-state index is 0.420. The van der Waals surface area contributed by atoms with Crippen molar-refractivity contribution in [2.75, 3.05) is 0 Å². The first-order chi connectivity index (χ1) is 5.75. The second-order valence-electron chi connectivity index (χ2n) is 2.27. The fraction of sp³-hybridized carbons (Fsp3) is 0.143. The van der Waals surface area contributed by atoms with Crippen LogP contribution in [0.25, 0.3) is 10.8 Å². The summed E-state index contributed by atoms with van der Waals surface area (Å²) in [6.45, 7) is 2.04. The Hall–Kier alpha value is -0.680. The van der Waals surface area contributed by atoms with Gasteiger partial charge in [0.2, 0.25) is 0 Å². The van der Waals surface area contributed by atoms with Crippen molar-refractivity contribution in [1.82, 2.24) is 10.2 Å². The molecule has 62 valence electrons. The molecule has 2 rings (SSSR count). The first-order valence-corrected chi connectivity index (χ1v) is 4.92. The average Bonchev–Trinajstić information content (AvgIpc) is 2.58. The van der Waals surface area contributed by atoms with Gasteiger partial charge in [-0.3, -0.25) is 0 Å². The van der Waals surface area contributed by atoms with Crippen LogP contribution < -0.4 is 0 Å². The van der Waals surface area contributed by atoms with Crippen LogP contribution in [0.15, 0.2) is 21.3 Å². The highest BCUT2D eigenvalue weighted by atomic mass is 79.9. The molecule has 0 atom stereocenters. The Morgan fingerprint density at radius 3 is 2.75 bits per heavy atom. The first kappa shape index (κ1) is 7.94. The van der Waals surface area contributed by atoms with E-state index in [1.807, 2.05) is 19.1 Å². The standard InChI is InChI=1S/C7H5BrN2OS/c1-4-2-3-5(12-4)6-9-10-7(8)11-6/h2-3H,1H3. The second-order valence-corrected chi connectivity index (χ2v) is 4.24. The molecule has 0 unspecified atom stereocenters. The van der Waals surface area contributed by atoms with E-state index in [1.165, 1.54) is 4.88 Å². The molecule has 3 nitrogen and oxygen atoms in total. The van der Waals surface area contributed by atoms with Crippen LogP contribution in [0.5, 0.6) is 0 Å². The molecule has 2 aromatic heterocycles. The van der Waals surface area contributed by atoms with Gasteiger partial charge in [-0.1, -0.05) is 0 Å². The molecule has 0 amide bonds. The predicted octanol–water partition coefficient (Wildman–Crippen LogP) is 2.87. The van der Waals surface area contributed by atoms with Crippen molar-refractivity contribution in [1.29, 1.82) is 0 Å². The zero-order chi connectivity index (χ0) is 8.55. The SMILES string of the molecule is Cc1ccc(-c2nnc(Br)o2)s1. The van der Waals surface area contributed by atoms with Crippen LogP contribution in [0.3, 0.4) is 0 Å². The van der Waals surface area contributed by atoms with Crippen molar-refractivity contribution in [3.63, 3.8) is 0 Å². The highest BCUT2D eigenvalue weighted by Gasteiger charge is 2.07. The topological polar surface area (TPSA) is 38.9 Å². The Kier molecular flexibility index (Phi) is 1.98. The Labute approximate surface area is 81.6 Å². The van der Waals surface area contributed by atoms with E-state index in [9.17, 15) is 0 Å². The molecule has 0 aliphatic carbocycles. The van der Waals surface area contributed by atoms with Gasteiger partial charge in [-0.2, -0.15) is 0 Å². The number of halogens is 1. The summed E-state index contributed by atoms with van der Waals surface area (Å²) in [5.74, 6) is 0.569. The van der Waals surface area contributed by atoms with E-state index >= 15 is 0 Å². The van der Waals surface area contributed by atoms with Gasteiger partial charge in [-0.15, -0.1) is 21.5 Å². The summed E-state index contributed by atoms with van der Waals surface area (Å²) < 4.78 is 5.19. The largest absolute Gasteiger partial charge is 0.410 e. The summed E-state index contributed by atoms with van der Waals surface area (Å²) in [5, 5.41) is 7.56. The number of hydrogen-bond donors (Lipinski definition) is 0. The Morgan fingerprint density at radius 2 is 2.25 bits per heavy atom. The van der Waals surface area contributed by atoms with Crippen molar-refractivity contribution in [3.8, 4) is 10.8 Å². The zero-order valence-corrected chi connectivity index (χ0v) is 8.65. The van der Waals surface area contributed by atoms with Gasteiger partial charge in [0.05, 0.1) is 4.88 Å². The van der Waals surface area contributed by atoms with Gasteiger partial charge >= 0.3 is 0 Å². The third kappa shape index (κ3) is 1.42. The molecule has 0 radical (unpaired) electrons. The molecule has 5 heteroatoms. The lowest BCUT2D eigenvalue weighted by Gasteiger charge is -1.83. The second kappa shape index (κ2) is 2.99. The van der Waals surface area contributed by atoms with Crippen molar-refractivity contribution < 1.29 is 4.42 Å². The maximum atomic E-state index is 5.19. The Balaban J connectivity index is 2.43. The van der Waals surface area contributed by atoms with Gasteiger partial charge in [0, 0.05) is 20.8 Å². The van der Waals surface area contributed by atoms with Crippen LogP contribution in [-0.2, 0) is 0 Å². The number of thiophene rings is 1. The summed E-state index contributed by atoms with van der Waals surface area (Å²) in [7, 11) is 0. The Bertz CT molecular complexity index is 357. The third-order valence-corrected chi connectivity index (χ3v) is 2.66. The molecule has 0 fully saturated rings. The van der Waals surface area contributed by atoms with Crippen LogP contribution >= 0.6 is 27.3 Å². The number of nitrogens with zero attached hydrogens (tertiary/aromatic N) is 2. The van der Waals surface area contributed by atoms with Crippen molar-refractivity contribution in [3.05, 3.63) is 21.8 Å². The molecule has 0 aliphatic rings. The smallest absolute Gasteiger partial charge is 0.285 e. The summed E-state index contributed by atoms with van der Waals surface area (Å²) in [6, 6.07) is 4.00. The van der Waals surface area contributed by atoms with Crippen LogP contribution in [-0.4, -0.2) is 10.2 Å². The maximum Gasteiger partial charge on any atom is 0.285 e. The molecule has 12 heavy (non-hydrogen) atoms. The Morgan fingerprint density at radius 1 is 1.42 bits per heavy atom. The molecule has 0 saturated carbocycles. The lowest BCUT2D eigenvalue weighted by Crippen LogP contribution is -1.69. The van der Waals surface area contributed by atoms with E-state index < -0.39 is 0 Å². The molecule has 2 aromatic rings. The highest BCUT2D eigenvalue weighted by molar-refractivity contribution is 9.10. The van der Waals surface area contributed by atoms with Gasteiger partial charge < -0.3 is 4.42 Å². The molecular formula is C7H5BrN2OS. The third-order valence-electron chi connectivity index (χ3n) is 1.35. The van der Waals surface area contributed by atoms with Gasteiger partial charge in [-0.25, -0.2) is 0 Å². The van der Waals surface area contributed by atoms with Gasteiger partial charge in [-0.05, 0) is 19.1 Å². The fourth-order valence-corrected chi connectivity index (χ4v) is 1.88. The molecule has 0 bridgehead atoms. The molecule has 0 saturated heterocycles. The fourth-order valence-electron chi connectivity index (χ4n) is 0.854. The van der Waals surface area contributed by atoms with Crippen molar-refractivity contribution in [2.24, 2.45) is 0 Å². The molecular weight excluding hydrogens is 240 g/mol. The van der Waals surface area contributed by atoms with E-state index in [1.54, 1.807) is 11.3 Å². The van der Waals surface area contributed by atoms with Gasteiger partial charge in [0.15, 0.2) is 0 Å². The van der Waals surface area contributed by atoms with Gasteiger partial charge in [0.1, 0.15) is 0 Å². The molecule has 0 N–H and O–H groups in total. The normalized spacial score (nSPS) is 10.5. The quantitative estimate of drug-likeness (QED) is 0.775. The molecule has 0 spiro atoms. The summed E-state index contributed by atoms with van der Waals surface area (Å²) >= 11 is 4.74. The number of hydrogen-bond acceptors (Lipinski definition) is 4. The lowest BCUT2D eigenvalue weighted by molar-refractivity contribution is 0.541. The van der Waals surface area contributed by atoms with Crippen LogP contribution in [0.1, 0.15) is 4.88 Å². The summed E-state index contributed by atoms with van der Waals surface area (Å²) in [4.78, 5) is 2.66. The van der Waals surface area contributed by atoms with Gasteiger partial charge in [0.25, 0.3) is 10.7 Å². The summed E-state index contributed by atoms with van der Waals surface area (Å²) in [5.41, 5.74) is 0. The first-order valence-electron chi connectivity index (χ1n) is 3.31. The zero-order valence-electron chi connectivity index (χ0n) is 6.24. The average molecular weight is 245 g/mol. The number of rotatable bonds is 1. The number of aryl methyl sites for hydroxylation is 1. The lowest BCUT2D eigenvalue weighted by atomic mass is 10.4. The number of aromatic nitrogens is 2. The van der Waals surface area contributed by atoms with E-state index in [0.717, 1.165) is 4.88 Å². The monoisotopic (exact) mass is 244 g/mol. The molecule has 2 heterocycles. The minimum Gasteiger partial charge on any atom is -0.410 e. The van der Waals surface area contributed by atoms with Crippen LogP contribution in [0.2, 0.25) is 0 Å². The maximum absolute atomic E-state index is 5.19. The predicted molar refractivity (Wildman–Crippen MR) is 50.0 cm³/mol. The van der Waals surface area contributed by atoms with Crippen molar-refractivity contribution >= 4 is 27.3 Å².